The van der Waals surface area contributed by atoms with Crippen molar-refractivity contribution in [3.05, 3.63) is 43.8 Å². The van der Waals surface area contributed by atoms with Gasteiger partial charge in [0.05, 0.1) is 15.7 Å². The smallest absolute Gasteiger partial charge is 0.275 e. The molecule has 1 N–H and O–H groups in total. The lowest BCUT2D eigenvalue weighted by Crippen LogP contribution is -2.12. The summed E-state index contributed by atoms with van der Waals surface area (Å²) in [7, 11) is 0. The highest BCUT2D eigenvalue weighted by Gasteiger charge is 2.11. The van der Waals surface area contributed by atoms with E-state index in [1.165, 1.54) is 11.3 Å². The normalized spacial score (nSPS) is 10.3. The number of hydrogen-bond acceptors (Lipinski definition) is 3. The van der Waals surface area contributed by atoms with Crippen LogP contribution in [0.4, 0.5) is 5.69 Å². The summed E-state index contributed by atoms with van der Waals surface area (Å²) in [5.41, 5.74) is 0.983. The summed E-state index contributed by atoms with van der Waals surface area (Å²) in [6, 6.07) is 5.28. The molecular weight excluding hydrogens is 324 g/mol. The Labute approximate surface area is 116 Å². The Morgan fingerprint density at radius 2 is 2.29 bits per heavy atom. The molecule has 0 spiro atoms. The quantitative estimate of drug-likeness (QED) is 0.899. The van der Waals surface area contributed by atoms with E-state index in [4.69, 9.17) is 11.6 Å². The maximum atomic E-state index is 11.8. The van der Waals surface area contributed by atoms with Gasteiger partial charge in [0.25, 0.3) is 5.91 Å². The maximum absolute atomic E-state index is 11.8. The van der Waals surface area contributed by atoms with Crippen molar-refractivity contribution >= 4 is 50.5 Å². The summed E-state index contributed by atoms with van der Waals surface area (Å²) in [4.78, 5) is 15.9. The zero-order chi connectivity index (χ0) is 12.4. The van der Waals surface area contributed by atoms with Crippen LogP contribution >= 0.6 is 38.9 Å². The van der Waals surface area contributed by atoms with Crippen molar-refractivity contribution in [3.8, 4) is 0 Å². The third kappa shape index (κ3) is 3.06. The van der Waals surface area contributed by atoms with Crippen molar-refractivity contribution in [1.82, 2.24) is 4.98 Å². The zero-order valence-corrected chi connectivity index (χ0v) is 12.0. The van der Waals surface area contributed by atoms with Crippen molar-refractivity contribution in [2.24, 2.45) is 0 Å². The summed E-state index contributed by atoms with van der Waals surface area (Å²) >= 11 is 10.7. The molecule has 0 fully saturated rings. The number of nitrogens with zero attached hydrogens (tertiary/aromatic N) is 1. The first kappa shape index (κ1) is 12.5. The number of amides is 1. The Kier molecular flexibility index (Phi) is 3.81. The minimum atomic E-state index is -0.251. The highest BCUT2D eigenvalue weighted by molar-refractivity contribution is 9.10. The molecule has 0 bridgehead atoms. The fourth-order valence-electron chi connectivity index (χ4n) is 1.24. The fourth-order valence-corrected chi connectivity index (χ4v) is 2.56. The first-order valence-corrected chi connectivity index (χ1v) is 6.80. The number of carbonyl (C=O) groups is 1. The van der Waals surface area contributed by atoms with E-state index >= 15 is 0 Å². The Hall–Kier alpha value is -0.910. The van der Waals surface area contributed by atoms with E-state index in [2.05, 4.69) is 26.2 Å². The number of rotatable bonds is 2. The molecule has 0 saturated heterocycles. The molecule has 0 aliphatic heterocycles. The van der Waals surface area contributed by atoms with Gasteiger partial charge in [-0.15, -0.1) is 11.3 Å². The van der Waals surface area contributed by atoms with Gasteiger partial charge in [-0.25, -0.2) is 4.98 Å². The number of hydrogen-bond donors (Lipinski definition) is 1. The fraction of sp³-hybridized carbons (Fsp3) is 0.0909. The van der Waals surface area contributed by atoms with Crippen LogP contribution in [0.15, 0.2) is 28.1 Å². The average molecular weight is 332 g/mol. The van der Waals surface area contributed by atoms with Gasteiger partial charge in [0, 0.05) is 9.85 Å². The van der Waals surface area contributed by atoms with Crippen molar-refractivity contribution in [1.29, 1.82) is 0 Å². The summed E-state index contributed by atoms with van der Waals surface area (Å²) in [6.07, 6.45) is 0. The summed E-state index contributed by atoms with van der Waals surface area (Å²) in [5, 5.41) is 5.78. The number of aryl methyl sites for hydroxylation is 1. The molecule has 0 aliphatic carbocycles. The predicted molar refractivity (Wildman–Crippen MR) is 74.0 cm³/mol. The molecule has 0 radical (unpaired) electrons. The molecule has 0 unspecified atom stereocenters. The number of thiazole rings is 1. The molecule has 3 nitrogen and oxygen atoms in total. The van der Waals surface area contributed by atoms with Crippen LogP contribution in [0.25, 0.3) is 0 Å². The van der Waals surface area contributed by atoms with Gasteiger partial charge in [0.15, 0.2) is 0 Å². The molecule has 1 aromatic carbocycles. The standard InChI is InChI=1S/C11H8BrClN2OS/c1-6-14-10(5-17-6)11(16)15-9-3-2-7(12)4-8(9)13/h2-5H,1H3,(H,15,16). The lowest BCUT2D eigenvalue weighted by Gasteiger charge is -2.05. The number of halogens is 2. The Bertz CT molecular complexity index is 570. The number of benzene rings is 1. The van der Waals surface area contributed by atoms with E-state index in [1.807, 2.05) is 13.0 Å². The first-order valence-electron chi connectivity index (χ1n) is 4.75. The van der Waals surface area contributed by atoms with Gasteiger partial charge in [-0.1, -0.05) is 27.5 Å². The van der Waals surface area contributed by atoms with Crippen LogP contribution in [0.5, 0.6) is 0 Å². The van der Waals surface area contributed by atoms with Gasteiger partial charge in [0.2, 0.25) is 0 Å². The van der Waals surface area contributed by atoms with Gasteiger partial charge in [-0.05, 0) is 25.1 Å². The van der Waals surface area contributed by atoms with Gasteiger partial charge < -0.3 is 5.32 Å². The highest BCUT2D eigenvalue weighted by atomic mass is 79.9. The van der Waals surface area contributed by atoms with Crippen LogP contribution < -0.4 is 5.32 Å². The number of nitrogens with one attached hydrogen (secondary N) is 1. The van der Waals surface area contributed by atoms with Gasteiger partial charge in [0.1, 0.15) is 5.69 Å². The molecule has 17 heavy (non-hydrogen) atoms. The van der Waals surface area contributed by atoms with E-state index in [9.17, 15) is 4.79 Å². The van der Waals surface area contributed by atoms with Crippen molar-refractivity contribution < 1.29 is 4.79 Å². The first-order chi connectivity index (χ1) is 8.06. The zero-order valence-electron chi connectivity index (χ0n) is 8.83. The average Bonchev–Trinajstić information content (AvgIpc) is 2.69. The van der Waals surface area contributed by atoms with Gasteiger partial charge in [-0.3, -0.25) is 4.79 Å². The molecule has 88 valence electrons. The van der Waals surface area contributed by atoms with Crippen LogP contribution in [-0.4, -0.2) is 10.9 Å². The Morgan fingerprint density at radius 3 is 2.88 bits per heavy atom. The van der Waals surface area contributed by atoms with Crippen LogP contribution in [0.2, 0.25) is 5.02 Å². The third-order valence-corrected chi connectivity index (χ3v) is 3.61. The predicted octanol–water partition coefficient (Wildman–Crippen LogP) is 4.12. The summed E-state index contributed by atoms with van der Waals surface area (Å²) in [6.45, 7) is 1.86. The van der Waals surface area contributed by atoms with Crippen LogP contribution in [0.3, 0.4) is 0 Å². The number of anilines is 1. The van der Waals surface area contributed by atoms with Gasteiger partial charge in [-0.2, -0.15) is 0 Å². The second-order valence-electron chi connectivity index (χ2n) is 3.33. The minimum Gasteiger partial charge on any atom is -0.319 e. The molecule has 1 heterocycles. The van der Waals surface area contributed by atoms with E-state index in [-0.39, 0.29) is 5.91 Å². The molecule has 1 aromatic heterocycles. The van der Waals surface area contributed by atoms with E-state index in [0.717, 1.165) is 9.48 Å². The maximum Gasteiger partial charge on any atom is 0.275 e. The lowest BCUT2D eigenvalue weighted by molar-refractivity contribution is 0.102. The van der Waals surface area contributed by atoms with Crippen molar-refractivity contribution in [2.75, 3.05) is 5.32 Å². The lowest BCUT2D eigenvalue weighted by atomic mass is 10.3. The van der Waals surface area contributed by atoms with Crippen LogP contribution in [0, 0.1) is 6.92 Å². The Balaban J connectivity index is 2.18. The summed E-state index contributed by atoms with van der Waals surface area (Å²) in [5.74, 6) is -0.251. The molecule has 6 heteroatoms. The molecule has 0 atom stereocenters. The molecule has 0 aliphatic rings. The van der Waals surface area contributed by atoms with E-state index in [1.54, 1.807) is 17.5 Å². The van der Waals surface area contributed by atoms with Crippen LogP contribution in [0.1, 0.15) is 15.5 Å². The monoisotopic (exact) mass is 330 g/mol. The largest absolute Gasteiger partial charge is 0.319 e. The molecular formula is C11H8BrClN2OS. The molecule has 0 saturated carbocycles. The second kappa shape index (κ2) is 5.16. The minimum absolute atomic E-state index is 0.251. The van der Waals surface area contributed by atoms with E-state index < -0.39 is 0 Å². The Morgan fingerprint density at radius 1 is 1.53 bits per heavy atom. The topological polar surface area (TPSA) is 42.0 Å². The molecule has 2 rings (SSSR count). The highest BCUT2D eigenvalue weighted by Crippen LogP contribution is 2.26. The van der Waals surface area contributed by atoms with Gasteiger partial charge >= 0.3 is 0 Å². The van der Waals surface area contributed by atoms with Crippen molar-refractivity contribution in [2.45, 2.75) is 6.92 Å². The van der Waals surface area contributed by atoms with Crippen molar-refractivity contribution in [3.63, 3.8) is 0 Å². The molecule has 1 amide bonds. The number of aromatic nitrogens is 1. The van der Waals surface area contributed by atoms with E-state index in [0.29, 0.717) is 16.4 Å². The van der Waals surface area contributed by atoms with Crippen LogP contribution in [-0.2, 0) is 0 Å². The molecule has 2 aromatic rings. The second-order valence-corrected chi connectivity index (χ2v) is 5.72. The number of carbonyl (C=O) groups excluding carboxylic acids is 1. The summed E-state index contributed by atoms with van der Waals surface area (Å²) < 4.78 is 0.866. The SMILES string of the molecule is Cc1nc(C(=O)Nc2ccc(Br)cc2Cl)cs1. The third-order valence-electron chi connectivity index (χ3n) is 2.03.